The average Bonchev–Trinajstić information content (AvgIpc) is 3.04. The second-order valence-electron chi connectivity index (χ2n) is 5.28. The first-order valence-electron chi connectivity index (χ1n) is 7.39. The molecule has 0 fully saturated rings. The first-order chi connectivity index (χ1) is 10.7. The van der Waals surface area contributed by atoms with Crippen LogP contribution in [0.25, 0.3) is 0 Å². The van der Waals surface area contributed by atoms with Crippen molar-refractivity contribution >= 4 is 41.3 Å². The van der Waals surface area contributed by atoms with Crippen LogP contribution in [0.1, 0.15) is 16.5 Å². The molecule has 23 heavy (non-hydrogen) atoms. The fourth-order valence-electron chi connectivity index (χ4n) is 2.27. The van der Waals surface area contributed by atoms with E-state index < -0.39 is 0 Å². The van der Waals surface area contributed by atoms with Crippen LogP contribution in [0.3, 0.4) is 0 Å². The monoisotopic (exact) mass is 444 g/mol. The number of likely N-dealkylation sites (N-methyl/N-ethyl adjacent to an activating group) is 1. The average molecular weight is 444 g/mol. The van der Waals surface area contributed by atoms with Crippen molar-refractivity contribution in [3.8, 4) is 0 Å². The fourth-order valence-corrected chi connectivity index (χ4v) is 2.92. The molecular formula is C17H25IN4S. The maximum Gasteiger partial charge on any atom is 0.191 e. The SMILES string of the molecule is CN=C(NCc1cccs1)NCC(c1ccccc1)N(C)C.I. The van der Waals surface area contributed by atoms with Crippen LogP contribution in [0, 0.1) is 0 Å². The Morgan fingerprint density at radius 3 is 2.43 bits per heavy atom. The van der Waals surface area contributed by atoms with E-state index in [-0.39, 0.29) is 24.0 Å². The molecule has 0 saturated carbocycles. The van der Waals surface area contributed by atoms with E-state index in [9.17, 15) is 0 Å². The highest BCUT2D eigenvalue weighted by molar-refractivity contribution is 14.0. The Labute approximate surface area is 160 Å². The van der Waals surface area contributed by atoms with Crippen LogP contribution in [-0.4, -0.2) is 38.5 Å². The predicted molar refractivity (Wildman–Crippen MR) is 111 cm³/mol. The Morgan fingerprint density at radius 2 is 1.87 bits per heavy atom. The number of guanidine groups is 1. The molecule has 1 heterocycles. The summed E-state index contributed by atoms with van der Waals surface area (Å²) in [7, 11) is 6.00. The number of halogens is 1. The minimum Gasteiger partial charge on any atom is -0.354 e. The molecule has 0 spiro atoms. The first kappa shape index (κ1) is 19.9. The van der Waals surface area contributed by atoms with E-state index in [1.807, 2.05) is 6.07 Å². The molecule has 0 bridgehead atoms. The molecule has 1 atom stereocenters. The molecule has 1 aromatic carbocycles. The topological polar surface area (TPSA) is 39.7 Å². The summed E-state index contributed by atoms with van der Waals surface area (Å²) in [5.41, 5.74) is 1.30. The zero-order valence-electron chi connectivity index (χ0n) is 13.8. The van der Waals surface area contributed by atoms with Crippen LogP contribution in [-0.2, 0) is 6.54 Å². The molecule has 0 radical (unpaired) electrons. The normalized spacial score (nSPS) is 12.6. The number of benzene rings is 1. The van der Waals surface area contributed by atoms with Gasteiger partial charge in [0.25, 0.3) is 0 Å². The lowest BCUT2D eigenvalue weighted by Crippen LogP contribution is -2.41. The van der Waals surface area contributed by atoms with Crippen LogP contribution < -0.4 is 10.6 Å². The Hall–Kier alpha value is -1.12. The molecule has 2 rings (SSSR count). The highest BCUT2D eigenvalue weighted by Gasteiger charge is 2.14. The summed E-state index contributed by atoms with van der Waals surface area (Å²) in [5, 5.41) is 8.85. The molecule has 1 unspecified atom stereocenters. The summed E-state index contributed by atoms with van der Waals surface area (Å²) in [6.45, 7) is 1.61. The molecule has 4 nitrogen and oxygen atoms in total. The van der Waals surface area contributed by atoms with Gasteiger partial charge in [0, 0.05) is 18.5 Å². The number of aliphatic imine (C=N–C) groups is 1. The lowest BCUT2D eigenvalue weighted by Gasteiger charge is -2.26. The van der Waals surface area contributed by atoms with Gasteiger partial charge in [-0.2, -0.15) is 0 Å². The Kier molecular flexibility index (Phi) is 9.20. The van der Waals surface area contributed by atoms with Crippen LogP contribution in [0.5, 0.6) is 0 Å². The minimum absolute atomic E-state index is 0. The summed E-state index contributed by atoms with van der Waals surface area (Å²) in [4.78, 5) is 7.81. The van der Waals surface area contributed by atoms with Gasteiger partial charge >= 0.3 is 0 Å². The van der Waals surface area contributed by atoms with Gasteiger partial charge in [-0.25, -0.2) is 0 Å². The van der Waals surface area contributed by atoms with Gasteiger partial charge in [-0.05, 0) is 31.1 Å². The van der Waals surface area contributed by atoms with Crippen molar-refractivity contribution in [3.63, 3.8) is 0 Å². The lowest BCUT2D eigenvalue weighted by molar-refractivity contribution is 0.298. The Balaban J connectivity index is 0.00000264. The summed E-state index contributed by atoms with van der Waals surface area (Å²) in [5.74, 6) is 0.830. The van der Waals surface area contributed by atoms with Crippen LogP contribution in [0.15, 0.2) is 52.8 Å². The van der Waals surface area contributed by atoms with Crippen LogP contribution in [0.4, 0.5) is 0 Å². The zero-order chi connectivity index (χ0) is 15.8. The fraction of sp³-hybridized carbons (Fsp3) is 0.353. The molecule has 1 aromatic heterocycles. The maximum atomic E-state index is 4.29. The molecule has 0 saturated heterocycles. The summed E-state index contributed by atoms with van der Waals surface area (Å²) >= 11 is 1.75. The highest BCUT2D eigenvalue weighted by Crippen LogP contribution is 2.16. The van der Waals surface area contributed by atoms with E-state index in [0.29, 0.717) is 6.04 Å². The number of hydrogen-bond donors (Lipinski definition) is 2. The van der Waals surface area contributed by atoms with Crippen molar-refractivity contribution in [2.24, 2.45) is 4.99 Å². The van der Waals surface area contributed by atoms with Gasteiger partial charge in [0.2, 0.25) is 0 Å². The molecular weight excluding hydrogens is 419 g/mol. The van der Waals surface area contributed by atoms with E-state index >= 15 is 0 Å². The number of rotatable bonds is 6. The van der Waals surface area contributed by atoms with E-state index in [2.05, 4.69) is 76.4 Å². The van der Waals surface area contributed by atoms with Crippen LogP contribution >= 0.6 is 35.3 Å². The van der Waals surface area contributed by atoms with Gasteiger partial charge in [0.1, 0.15) is 0 Å². The Bertz CT molecular complexity index is 570. The third kappa shape index (κ3) is 6.48. The van der Waals surface area contributed by atoms with Gasteiger partial charge in [-0.1, -0.05) is 36.4 Å². The van der Waals surface area contributed by atoms with Gasteiger partial charge in [-0.3, -0.25) is 4.99 Å². The smallest absolute Gasteiger partial charge is 0.191 e. The van der Waals surface area contributed by atoms with Crippen molar-refractivity contribution in [1.82, 2.24) is 15.5 Å². The molecule has 6 heteroatoms. The van der Waals surface area contributed by atoms with Gasteiger partial charge < -0.3 is 15.5 Å². The molecule has 0 aliphatic heterocycles. The van der Waals surface area contributed by atoms with E-state index in [4.69, 9.17) is 0 Å². The molecule has 2 aromatic rings. The van der Waals surface area contributed by atoms with Crippen molar-refractivity contribution < 1.29 is 0 Å². The number of hydrogen-bond acceptors (Lipinski definition) is 3. The van der Waals surface area contributed by atoms with Gasteiger partial charge in [0.05, 0.1) is 12.6 Å². The molecule has 0 aliphatic rings. The summed E-state index contributed by atoms with van der Waals surface area (Å²) < 4.78 is 0. The molecule has 0 amide bonds. The second-order valence-corrected chi connectivity index (χ2v) is 6.31. The first-order valence-corrected chi connectivity index (χ1v) is 8.27. The largest absolute Gasteiger partial charge is 0.354 e. The second kappa shape index (κ2) is 10.6. The summed E-state index contributed by atoms with van der Waals surface area (Å²) in [6.07, 6.45) is 0. The molecule has 2 N–H and O–H groups in total. The molecule has 126 valence electrons. The number of nitrogens with zero attached hydrogens (tertiary/aromatic N) is 2. The van der Waals surface area contributed by atoms with E-state index in [1.54, 1.807) is 18.4 Å². The minimum atomic E-state index is 0. The highest BCUT2D eigenvalue weighted by atomic mass is 127. The van der Waals surface area contributed by atoms with Crippen molar-refractivity contribution in [1.29, 1.82) is 0 Å². The third-order valence-electron chi connectivity index (χ3n) is 3.50. The number of thiophene rings is 1. The Morgan fingerprint density at radius 1 is 1.13 bits per heavy atom. The van der Waals surface area contributed by atoms with Crippen molar-refractivity contribution in [2.75, 3.05) is 27.7 Å². The number of nitrogens with one attached hydrogen (secondary N) is 2. The zero-order valence-corrected chi connectivity index (χ0v) is 17.0. The van der Waals surface area contributed by atoms with Gasteiger partial charge in [-0.15, -0.1) is 35.3 Å². The van der Waals surface area contributed by atoms with Gasteiger partial charge in [0.15, 0.2) is 5.96 Å². The van der Waals surface area contributed by atoms with Crippen LogP contribution in [0.2, 0.25) is 0 Å². The molecule has 0 aliphatic carbocycles. The summed E-state index contributed by atoms with van der Waals surface area (Å²) in [6, 6.07) is 15.0. The van der Waals surface area contributed by atoms with Crippen molar-refractivity contribution in [3.05, 3.63) is 58.3 Å². The third-order valence-corrected chi connectivity index (χ3v) is 4.38. The maximum absolute atomic E-state index is 4.29. The predicted octanol–water partition coefficient (Wildman–Crippen LogP) is 3.33. The quantitative estimate of drug-likeness (QED) is 0.408. The standard InChI is InChI=1S/C17H24N4S.HI/c1-18-17(19-12-15-10-7-11-22-15)20-13-16(21(2)3)14-8-5-4-6-9-14;/h4-11,16H,12-13H2,1-3H3,(H2,18,19,20);1H. The van der Waals surface area contributed by atoms with E-state index in [1.165, 1.54) is 10.4 Å². The van der Waals surface area contributed by atoms with E-state index in [0.717, 1.165) is 19.0 Å². The lowest BCUT2D eigenvalue weighted by atomic mass is 10.1. The van der Waals surface area contributed by atoms with Crippen molar-refractivity contribution in [2.45, 2.75) is 12.6 Å².